The van der Waals surface area contributed by atoms with E-state index in [1.807, 2.05) is 0 Å². The SMILES string of the molecule is CC(=O)Nc1ccc(/C(C)=N\NC(=O)CN(c2ccc(Cl)cc2)S(=O)(=O)c2ccccc2)cc1. The van der Waals surface area contributed by atoms with Crippen LogP contribution in [0.15, 0.2) is 88.9 Å². The minimum atomic E-state index is -4.02. The topological polar surface area (TPSA) is 108 Å². The highest BCUT2D eigenvalue weighted by molar-refractivity contribution is 7.92. The highest BCUT2D eigenvalue weighted by Gasteiger charge is 2.27. The molecule has 2 amide bonds. The minimum Gasteiger partial charge on any atom is -0.326 e. The standard InChI is InChI=1S/C24H23ClN4O4S/c1-17(19-8-12-21(13-9-19)26-18(2)30)27-28-24(31)16-29(22-14-10-20(25)11-15-22)34(32,33)23-6-4-3-5-7-23/h3-15H,16H2,1-2H3,(H,26,30)(H,28,31)/b27-17-. The molecule has 0 aliphatic heterocycles. The fourth-order valence-corrected chi connectivity index (χ4v) is 4.58. The number of anilines is 2. The molecule has 0 spiro atoms. The molecule has 0 aliphatic rings. The van der Waals surface area contributed by atoms with Crippen LogP contribution in [-0.4, -0.2) is 32.5 Å². The Morgan fingerprint density at radius 3 is 2.12 bits per heavy atom. The molecule has 3 aromatic carbocycles. The van der Waals surface area contributed by atoms with Crippen molar-refractivity contribution in [1.29, 1.82) is 0 Å². The predicted octanol–water partition coefficient (Wildman–Crippen LogP) is 4.03. The van der Waals surface area contributed by atoms with Crippen LogP contribution in [-0.2, 0) is 19.6 Å². The molecule has 10 heteroatoms. The molecule has 0 atom stereocenters. The number of halogens is 1. The Hall–Kier alpha value is -3.69. The Bertz CT molecular complexity index is 1290. The molecule has 2 N–H and O–H groups in total. The van der Waals surface area contributed by atoms with Gasteiger partial charge in [-0.1, -0.05) is 41.9 Å². The van der Waals surface area contributed by atoms with E-state index in [9.17, 15) is 18.0 Å². The Labute approximate surface area is 203 Å². The molecule has 0 unspecified atom stereocenters. The molecule has 0 fully saturated rings. The van der Waals surface area contributed by atoms with Gasteiger partial charge in [0.1, 0.15) is 6.54 Å². The lowest BCUT2D eigenvalue weighted by Gasteiger charge is -2.23. The molecule has 3 aromatic rings. The summed E-state index contributed by atoms with van der Waals surface area (Å²) in [6, 6.07) is 20.9. The summed E-state index contributed by atoms with van der Waals surface area (Å²) in [5.41, 5.74) is 4.57. The van der Waals surface area contributed by atoms with Gasteiger partial charge in [0.25, 0.3) is 15.9 Å². The first-order valence-corrected chi connectivity index (χ1v) is 12.0. The summed E-state index contributed by atoms with van der Waals surface area (Å²) in [6.45, 7) is 2.63. The summed E-state index contributed by atoms with van der Waals surface area (Å²) < 4.78 is 27.5. The van der Waals surface area contributed by atoms with E-state index in [0.29, 0.717) is 16.4 Å². The number of hydrazone groups is 1. The van der Waals surface area contributed by atoms with Gasteiger partial charge in [0.2, 0.25) is 5.91 Å². The normalized spacial score (nSPS) is 11.6. The maximum absolute atomic E-state index is 13.3. The first-order valence-electron chi connectivity index (χ1n) is 10.2. The van der Waals surface area contributed by atoms with Gasteiger partial charge >= 0.3 is 0 Å². The third-order valence-corrected chi connectivity index (χ3v) is 6.74. The van der Waals surface area contributed by atoms with Crippen molar-refractivity contribution in [3.8, 4) is 0 Å². The quantitative estimate of drug-likeness (QED) is 0.361. The van der Waals surface area contributed by atoms with E-state index in [4.69, 9.17) is 11.6 Å². The van der Waals surface area contributed by atoms with E-state index in [2.05, 4.69) is 15.8 Å². The number of sulfonamides is 1. The van der Waals surface area contributed by atoms with Gasteiger partial charge in [-0.15, -0.1) is 0 Å². The summed E-state index contributed by atoms with van der Waals surface area (Å²) in [6.07, 6.45) is 0. The third kappa shape index (κ3) is 6.43. The van der Waals surface area contributed by atoms with Crippen LogP contribution in [0, 0.1) is 0 Å². The van der Waals surface area contributed by atoms with Crippen LogP contribution in [0.25, 0.3) is 0 Å². The van der Waals surface area contributed by atoms with Crippen LogP contribution in [0.2, 0.25) is 5.02 Å². The van der Waals surface area contributed by atoms with E-state index in [1.54, 1.807) is 61.5 Å². The zero-order valence-electron chi connectivity index (χ0n) is 18.5. The summed E-state index contributed by atoms with van der Waals surface area (Å²) in [5, 5.41) is 7.20. The maximum Gasteiger partial charge on any atom is 0.264 e. The molecule has 0 heterocycles. The van der Waals surface area contributed by atoms with Crippen LogP contribution in [0.3, 0.4) is 0 Å². The summed E-state index contributed by atoms with van der Waals surface area (Å²) >= 11 is 5.94. The van der Waals surface area contributed by atoms with Gasteiger partial charge in [-0.25, -0.2) is 13.8 Å². The van der Waals surface area contributed by atoms with Crippen molar-refractivity contribution in [1.82, 2.24) is 5.43 Å². The molecule has 34 heavy (non-hydrogen) atoms. The zero-order chi connectivity index (χ0) is 24.7. The number of carbonyl (C=O) groups excluding carboxylic acids is 2. The summed E-state index contributed by atoms with van der Waals surface area (Å²) in [4.78, 5) is 23.9. The number of nitrogens with one attached hydrogen (secondary N) is 2. The molecule has 0 radical (unpaired) electrons. The second-order valence-electron chi connectivity index (χ2n) is 7.29. The van der Waals surface area contributed by atoms with E-state index in [0.717, 1.165) is 9.87 Å². The average molecular weight is 499 g/mol. The Morgan fingerprint density at radius 2 is 1.53 bits per heavy atom. The molecule has 8 nitrogen and oxygen atoms in total. The van der Waals surface area contributed by atoms with Crippen molar-refractivity contribution in [2.75, 3.05) is 16.2 Å². The van der Waals surface area contributed by atoms with Gasteiger partial charge in [-0.05, 0) is 61.0 Å². The second kappa shape index (κ2) is 11.0. The minimum absolute atomic E-state index is 0.0525. The second-order valence-corrected chi connectivity index (χ2v) is 9.59. The monoisotopic (exact) mass is 498 g/mol. The van der Waals surface area contributed by atoms with Crippen molar-refractivity contribution < 1.29 is 18.0 Å². The van der Waals surface area contributed by atoms with Crippen LogP contribution in [0.4, 0.5) is 11.4 Å². The number of hydrogen-bond acceptors (Lipinski definition) is 5. The molecule has 0 aliphatic carbocycles. The number of benzene rings is 3. The fourth-order valence-electron chi connectivity index (χ4n) is 3.02. The first-order chi connectivity index (χ1) is 16.2. The van der Waals surface area contributed by atoms with Crippen molar-refractivity contribution in [2.45, 2.75) is 18.7 Å². The number of nitrogens with zero attached hydrogens (tertiary/aromatic N) is 2. The first kappa shape index (κ1) is 24.9. The molecule has 0 saturated carbocycles. The molecule has 176 valence electrons. The van der Waals surface area contributed by atoms with Gasteiger partial charge in [0, 0.05) is 17.6 Å². The molecule has 0 bridgehead atoms. The van der Waals surface area contributed by atoms with E-state index >= 15 is 0 Å². The molecule has 0 aromatic heterocycles. The number of amides is 2. The number of carbonyl (C=O) groups is 2. The fraction of sp³-hybridized carbons (Fsp3) is 0.125. The molecule has 0 saturated heterocycles. The van der Waals surface area contributed by atoms with Gasteiger partial charge in [0.15, 0.2) is 0 Å². The summed E-state index contributed by atoms with van der Waals surface area (Å²) in [5.74, 6) is -0.801. The Morgan fingerprint density at radius 1 is 0.912 bits per heavy atom. The Kier molecular flexibility index (Phi) is 8.04. The van der Waals surface area contributed by atoms with Crippen LogP contribution in [0.5, 0.6) is 0 Å². The molecular formula is C24H23ClN4O4S. The third-order valence-electron chi connectivity index (χ3n) is 4.70. The highest BCUT2D eigenvalue weighted by Crippen LogP contribution is 2.25. The molecule has 3 rings (SSSR count). The van der Waals surface area contributed by atoms with Gasteiger partial charge in [-0.3, -0.25) is 13.9 Å². The van der Waals surface area contributed by atoms with E-state index in [-0.39, 0.29) is 16.5 Å². The predicted molar refractivity (Wildman–Crippen MR) is 134 cm³/mol. The number of rotatable bonds is 8. The van der Waals surface area contributed by atoms with Gasteiger partial charge in [0.05, 0.1) is 16.3 Å². The van der Waals surface area contributed by atoms with Crippen molar-refractivity contribution in [3.05, 3.63) is 89.4 Å². The average Bonchev–Trinajstić information content (AvgIpc) is 2.82. The molecular weight excluding hydrogens is 476 g/mol. The summed E-state index contributed by atoms with van der Waals surface area (Å²) in [7, 11) is -4.02. The lowest BCUT2D eigenvalue weighted by atomic mass is 10.1. The van der Waals surface area contributed by atoms with Crippen molar-refractivity contribution in [3.63, 3.8) is 0 Å². The van der Waals surface area contributed by atoms with E-state index < -0.39 is 22.5 Å². The van der Waals surface area contributed by atoms with Crippen LogP contribution >= 0.6 is 11.6 Å². The number of hydrogen-bond donors (Lipinski definition) is 2. The Balaban J connectivity index is 1.79. The van der Waals surface area contributed by atoms with Crippen LogP contribution < -0.4 is 15.0 Å². The largest absolute Gasteiger partial charge is 0.326 e. The van der Waals surface area contributed by atoms with Gasteiger partial charge < -0.3 is 5.32 Å². The van der Waals surface area contributed by atoms with Gasteiger partial charge in [-0.2, -0.15) is 5.10 Å². The van der Waals surface area contributed by atoms with Crippen molar-refractivity contribution in [2.24, 2.45) is 5.10 Å². The van der Waals surface area contributed by atoms with Crippen LogP contribution in [0.1, 0.15) is 19.4 Å². The smallest absolute Gasteiger partial charge is 0.264 e. The van der Waals surface area contributed by atoms with E-state index in [1.165, 1.54) is 31.2 Å². The van der Waals surface area contributed by atoms with Crippen molar-refractivity contribution >= 4 is 50.5 Å². The maximum atomic E-state index is 13.3. The zero-order valence-corrected chi connectivity index (χ0v) is 20.1. The lowest BCUT2D eigenvalue weighted by molar-refractivity contribution is -0.119. The highest BCUT2D eigenvalue weighted by atomic mass is 35.5. The lowest BCUT2D eigenvalue weighted by Crippen LogP contribution is -2.39.